The van der Waals surface area contributed by atoms with Crippen molar-refractivity contribution in [1.82, 2.24) is 0 Å². The Bertz CT molecular complexity index is 394. The lowest BCUT2D eigenvalue weighted by atomic mass is 10.2. The molecule has 94 valence electrons. The van der Waals surface area contributed by atoms with Gasteiger partial charge in [-0.2, -0.15) is 0 Å². The Balaban J connectivity index is 2.78. The molecule has 1 rings (SSSR count). The van der Waals surface area contributed by atoms with E-state index in [1.807, 2.05) is 0 Å². The maximum atomic E-state index is 11.7. The van der Waals surface area contributed by atoms with Crippen LogP contribution in [0.5, 0.6) is 5.75 Å². The van der Waals surface area contributed by atoms with Gasteiger partial charge < -0.3 is 20.5 Å². The predicted octanol–water partition coefficient (Wildman–Crippen LogP) is 1.37. The number of nitrogens with two attached hydrogens (primary N) is 1. The first-order valence-corrected chi connectivity index (χ1v) is 5.79. The van der Waals surface area contributed by atoms with Gasteiger partial charge in [-0.25, -0.2) is 0 Å². The molecule has 17 heavy (non-hydrogen) atoms. The van der Waals surface area contributed by atoms with Crippen molar-refractivity contribution < 1.29 is 14.3 Å². The predicted molar refractivity (Wildman–Crippen MR) is 69.2 cm³/mol. The molecule has 0 saturated heterocycles. The fraction of sp³-hybridized carbons (Fsp3) is 0.364. The fourth-order valence-corrected chi connectivity index (χ4v) is 1.68. The number of carbonyl (C=O) groups is 1. The van der Waals surface area contributed by atoms with Gasteiger partial charge in [0.15, 0.2) is 0 Å². The highest BCUT2D eigenvalue weighted by Crippen LogP contribution is 2.27. The molecule has 0 aromatic heterocycles. The van der Waals surface area contributed by atoms with E-state index < -0.39 is 6.10 Å². The molecular formula is C11H15BrN2O3. The number of ether oxygens (including phenoxy) is 2. The van der Waals surface area contributed by atoms with Gasteiger partial charge in [0.2, 0.25) is 0 Å². The van der Waals surface area contributed by atoms with E-state index in [9.17, 15) is 4.79 Å². The van der Waals surface area contributed by atoms with Crippen LogP contribution in [0.4, 0.5) is 5.69 Å². The standard InChI is InChI=1S/C11H15BrN2O3/c1-16-9-5-7(3-4-8(9)12)14-11(15)10(6-13)17-2/h3-5,10H,6,13H2,1-2H3,(H,14,15). The SMILES string of the molecule is COc1cc(NC(=O)C(CN)OC)ccc1Br. The third kappa shape index (κ3) is 3.69. The van der Waals surface area contributed by atoms with Crippen molar-refractivity contribution in [3.63, 3.8) is 0 Å². The topological polar surface area (TPSA) is 73.6 Å². The highest BCUT2D eigenvalue weighted by atomic mass is 79.9. The van der Waals surface area contributed by atoms with Crippen LogP contribution < -0.4 is 15.8 Å². The summed E-state index contributed by atoms with van der Waals surface area (Å²) in [7, 11) is 3.00. The molecule has 0 bridgehead atoms. The number of hydrogen-bond acceptors (Lipinski definition) is 4. The van der Waals surface area contributed by atoms with Crippen molar-refractivity contribution in [1.29, 1.82) is 0 Å². The minimum atomic E-state index is -0.648. The van der Waals surface area contributed by atoms with Gasteiger partial charge in [-0.3, -0.25) is 4.79 Å². The summed E-state index contributed by atoms with van der Waals surface area (Å²) >= 11 is 3.33. The molecule has 3 N–H and O–H groups in total. The maximum absolute atomic E-state index is 11.7. The fourth-order valence-electron chi connectivity index (χ4n) is 1.27. The van der Waals surface area contributed by atoms with Gasteiger partial charge in [0.05, 0.1) is 11.6 Å². The second-order valence-electron chi connectivity index (χ2n) is 3.30. The van der Waals surface area contributed by atoms with E-state index in [0.717, 1.165) is 4.47 Å². The first-order chi connectivity index (χ1) is 8.12. The van der Waals surface area contributed by atoms with Crippen LogP contribution >= 0.6 is 15.9 Å². The molecule has 0 heterocycles. The molecule has 0 aliphatic rings. The quantitative estimate of drug-likeness (QED) is 0.861. The molecule has 1 aromatic rings. The van der Waals surface area contributed by atoms with Crippen molar-refractivity contribution in [3.8, 4) is 5.75 Å². The largest absolute Gasteiger partial charge is 0.495 e. The van der Waals surface area contributed by atoms with Crippen molar-refractivity contribution in [2.24, 2.45) is 5.73 Å². The maximum Gasteiger partial charge on any atom is 0.254 e. The van der Waals surface area contributed by atoms with Gasteiger partial charge in [0, 0.05) is 25.4 Å². The minimum Gasteiger partial charge on any atom is -0.495 e. The first-order valence-electron chi connectivity index (χ1n) is 4.99. The van der Waals surface area contributed by atoms with Gasteiger partial charge in [-0.05, 0) is 28.1 Å². The number of methoxy groups -OCH3 is 2. The van der Waals surface area contributed by atoms with Crippen LogP contribution in [-0.4, -0.2) is 32.8 Å². The summed E-state index contributed by atoms with van der Waals surface area (Å²) in [5, 5.41) is 2.70. The summed E-state index contributed by atoms with van der Waals surface area (Å²) in [6, 6.07) is 5.26. The summed E-state index contributed by atoms with van der Waals surface area (Å²) in [4.78, 5) is 11.7. The Morgan fingerprint density at radius 2 is 2.24 bits per heavy atom. The Morgan fingerprint density at radius 1 is 1.53 bits per heavy atom. The number of hydrogen-bond donors (Lipinski definition) is 2. The van der Waals surface area contributed by atoms with E-state index >= 15 is 0 Å². The molecule has 0 saturated carbocycles. The van der Waals surface area contributed by atoms with Gasteiger partial charge in [0.1, 0.15) is 11.9 Å². The van der Waals surface area contributed by atoms with Gasteiger partial charge >= 0.3 is 0 Å². The summed E-state index contributed by atoms with van der Waals surface area (Å²) in [5.74, 6) is 0.365. The van der Waals surface area contributed by atoms with E-state index in [0.29, 0.717) is 11.4 Å². The molecular weight excluding hydrogens is 288 g/mol. The van der Waals surface area contributed by atoms with Gasteiger partial charge in [0.25, 0.3) is 5.91 Å². The minimum absolute atomic E-state index is 0.135. The van der Waals surface area contributed by atoms with Crippen LogP contribution in [-0.2, 0) is 9.53 Å². The van der Waals surface area contributed by atoms with Crippen LogP contribution in [0.3, 0.4) is 0 Å². The second-order valence-corrected chi connectivity index (χ2v) is 4.15. The Hall–Kier alpha value is -1.11. The van der Waals surface area contributed by atoms with Crippen molar-refractivity contribution in [2.45, 2.75) is 6.10 Å². The Morgan fingerprint density at radius 3 is 2.76 bits per heavy atom. The Labute approximate surface area is 108 Å². The number of amides is 1. The smallest absolute Gasteiger partial charge is 0.254 e. The van der Waals surface area contributed by atoms with Crippen LogP contribution in [0, 0.1) is 0 Å². The van der Waals surface area contributed by atoms with Crippen LogP contribution in [0.2, 0.25) is 0 Å². The normalized spacial score (nSPS) is 12.0. The van der Waals surface area contributed by atoms with Crippen LogP contribution in [0.25, 0.3) is 0 Å². The summed E-state index contributed by atoms with van der Waals surface area (Å²) in [6.07, 6.45) is -0.648. The van der Waals surface area contributed by atoms with Crippen LogP contribution in [0.1, 0.15) is 0 Å². The number of halogens is 1. The van der Waals surface area contributed by atoms with Crippen molar-refractivity contribution >= 4 is 27.5 Å². The first kappa shape index (κ1) is 14.0. The molecule has 1 unspecified atom stereocenters. The van der Waals surface area contributed by atoms with E-state index in [1.54, 1.807) is 25.3 Å². The van der Waals surface area contributed by atoms with Crippen molar-refractivity contribution in [3.05, 3.63) is 22.7 Å². The lowest BCUT2D eigenvalue weighted by molar-refractivity contribution is -0.125. The van der Waals surface area contributed by atoms with Crippen molar-refractivity contribution in [2.75, 3.05) is 26.1 Å². The average molecular weight is 303 g/mol. The second kappa shape index (κ2) is 6.58. The molecule has 5 nitrogen and oxygen atoms in total. The monoisotopic (exact) mass is 302 g/mol. The zero-order valence-corrected chi connectivity index (χ0v) is 11.3. The lowest BCUT2D eigenvalue weighted by Gasteiger charge is -2.13. The highest BCUT2D eigenvalue weighted by Gasteiger charge is 2.16. The molecule has 0 aliphatic heterocycles. The highest BCUT2D eigenvalue weighted by molar-refractivity contribution is 9.10. The third-order valence-corrected chi connectivity index (χ3v) is 2.86. The van der Waals surface area contributed by atoms with E-state index in [-0.39, 0.29) is 12.5 Å². The molecule has 1 aromatic carbocycles. The van der Waals surface area contributed by atoms with E-state index in [2.05, 4.69) is 21.2 Å². The number of benzene rings is 1. The molecule has 0 radical (unpaired) electrons. The van der Waals surface area contributed by atoms with E-state index in [1.165, 1.54) is 7.11 Å². The summed E-state index contributed by atoms with van der Waals surface area (Å²) < 4.78 is 10.9. The number of rotatable bonds is 5. The van der Waals surface area contributed by atoms with Gasteiger partial charge in [-0.1, -0.05) is 0 Å². The molecule has 0 fully saturated rings. The number of nitrogens with one attached hydrogen (secondary N) is 1. The zero-order valence-electron chi connectivity index (χ0n) is 9.70. The summed E-state index contributed by atoms with van der Waals surface area (Å²) in [6.45, 7) is 0.135. The molecule has 1 atom stereocenters. The number of carbonyl (C=O) groups excluding carboxylic acids is 1. The zero-order chi connectivity index (χ0) is 12.8. The third-order valence-electron chi connectivity index (χ3n) is 2.21. The Kier molecular flexibility index (Phi) is 5.40. The molecule has 0 spiro atoms. The number of anilines is 1. The summed E-state index contributed by atoms with van der Waals surface area (Å²) in [5.41, 5.74) is 6.03. The molecule has 6 heteroatoms. The van der Waals surface area contributed by atoms with E-state index in [4.69, 9.17) is 15.2 Å². The molecule has 0 aliphatic carbocycles. The molecule has 1 amide bonds. The van der Waals surface area contributed by atoms with Crippen LogP contribution in [0.15, 0.2) is 22.7 Å². The van der Waals surface area contributed by atoms with Gasteiger partial charge in [-0.15, -0.1) is 0 Å². The average Bonchev–Trinajstić information content (AvgIpc) is 2.33. The lowest BCUT2D eigenvalue weighted by Crippen LogP contribution is -2.35.